The number of nitrogens with one attached hydrogen (secondary N) is 1. The van der Waals surface area contributed by atoms with Crippen molar-refractivity contribution < 1.29 is 0 Å². The summed E-state index contributed by atoms with van der Waals surface area (Å²) in [6.45, 7) is 3.28. The molecule has 1 saturated carbocycles. The van der Waals surface area contributed by atoms with Crippen LogP contribution in [0.1, 0.15) is 61.4 Å². The van der Waals surface area contributed by atoms with E-state index in [0.29, 0.717) is 33.3 Å². The van der Waals surface area contributed by atoms with E-state index in [1.54, 1.807) is 29.0 Å². The van der Waals surface area contributed by atoms with Crippen molar-refractivity contribution in [1.82, 2.24) is 29.7 Å². The Morgan fingerprint density at radius 1 is 1.11 bits per heavy atom. The van der Waals surface area contributed by atoms with Crippen LogP contribution in [0.25, 0.3) is 16.6 Å². The third-order valence-electron chi connectivity index (χ3n) is 7.74. The van der Waals surface area contributed by atoms with Gasteiger partial charge in [0.25, 0.3) is 0 Å². The minimum absolute atomic E-state index is 0.351. The van der Waals surface area contributed by atoms with Crippen molar-refractivity contribution in [3.05, 3.63) is 59.8 Å². The van der Waals surface area contributed by atoms with Gasteiger partial charge in [-0.3, -0.25) is 4.68 Å². The number of aromatic nitrogens is 5. The van der Waals surface area contributed by atoms with Crippen LogP contribution in [0.2, 0.25) is 0 Å². The summed E-state index contributed by atoms with van der Waals surface area (Å²) in [6, 6.07) is 10.4. The standard InChI is InChI=1S/C27H26N8S/c1-18-23(16-33-35(18)22-5-8-27(9-6-22)7-3-11-31-27)20-12-24(25-21(14-29)15-32-34(25)17-20)36-26-19(13-28)4-2-10-30-26/h2,4,10,12,15-17,22,31H,3,5-9,11H2,1H3/t22-,27-. The summed E-state index contributed by atoms with van der Waals surface area (Å²) in [6.07, 6.45) is 14.4. The Morgan fingerprint density at radius 3 is 2.69 bits per heavy atom. The summed E-state index contributed by atoms with van der Waals surface area (Å²) in [5, 5.41) is 32.9. The Balaban J connectivity index is 1.37. The summed E-state index contributed by atoms with van der Waals surface area (Å²) in [5.74, 6) is 0. The van der Waals surface area contributed by atoms with E-state index in [1.807, 2.05) is 12.4 Å². The summed E-state index contributed by atoms with van der Waals surface area (Å²) < 4.78 is 3.95. The zero-order chi connectivity index (χ0) is 24.7. The Bertz CT molecular complexity index is 1520. The summed E-state index contributed by atoms with van der Waals surface area (Å²) in [5.41, 5.74) is 5.21. The van der Waals surface area contributed by atoms with Gasteiger partial charge in [-0.15, -0.1) is 0 Å². The highest BCUT2D eigenvalue weighted by molar-refractivity contribution is 7.99. The molecule has 36 heavy (non-hydrogen) atoms. The van der Waals surface area contributed by atoms with Gasteiger partial charge < -0.3 is 5.32 Å². The minimum atomic E-state index is 0.351. The van der Waals surface area contributed by atoms with Crippen molar-refractivity contribution in [3.8, 4) is 23.3 Å². The Morgan fingerprint density at radius 2 is 1.94 bits per heavy atom. The van der Waals surface area contributed by atoms with Gasteiger partial charge in [-0.25, -0.2) is 9.50 Å². The quantitative estimate of drug-likeness (QED) is 0.424. The largest absolute Gasteiger partial charge is 0.311 e. The van der Waals surface area contributed by atoms with Crippen molar-refractivity contribution in [2.45, 2.75) is 67.0 Å². The van der Waals surface area contributed by atoms with Crippen molar-refractivity contribution in [1.29, 1.82) is 10.5 Å². The van der Waals surface area contributed by atoms with E-state index in [4.69, 9.17) is 5.10 Å². The number of nitrogens with zero attached hydrogens (tertiary/aromatic N) is 7. The molecule has 2 aliphatic rings. The van der Waals surface area contributed by atoms with E-state index in [1.165, 1.54) is 37.4 Å². The lowest BCUT2D eigenvalue weighted by molar-refractivity contribution is 0.202. The molecule has 2 fully saturated rings. The third kappa shape index (κ3) is 3.85. The fourth-order valence-electron chi connectivity index (χ4n) is 5.82. The SMILES string of the molecule is Cc1c(-c2cc(Sc3ncccc3C#N)c3c(C#N)cnn3c2)cnn1[C@H]1CC[C@@]2(CCCN2)CC1. The second kappa shape index (κ2) is 9.09. The number of nitriles is 2. The maximum absolute atomic E-state index is 9.67. The van der Waals surface area contributed by atoms with Gasteiger partial charge in [-0.2, -0.15) is 20.7 Å². The fraction of sp³-hybridized carbons (Fsp3) is 0.370. The van der Waals surface area contributed by atoms with Gasteiger partial charge in [0.1, 0.15) is 17.2 Å². The first-order valence-electron chi connectivity index (χ1n) is 12.3. The average molecular weight is 495 g/mol. The van der Waals surface area contributed by atoms with Gasteiger partial charge in [-0.1, -0.05) is 11.8 Å². The molecule has 4 aromatic heterocycles. The minimum Gasteiger partial charge on any atom is -0.311 e. The number of hydrogen-bond donors (Lipinski definition) is 1. The molecule has 6 rings (SSSR count). The maximum atomic E-state index is 9.67. The number of pyridine rings is 2. The van der Waals surface area contributed by atoms with E-state index >= 15 is 0 Å². The normalized spacial score (nSPS) is 21.6. The Kier molecular flexibility index (Phi) is 5.75. The first kappa shape index (κ1) is 22.8. The Labute approximate surface area is 214 Å². The smallest absolute Gasteiger partial charge is 0.119 e. The topological polar surface area (TPSA) is 108 Å². The summed E-state index contributed by atoms with van der Waals surface area (Å²) in [7, 11) is 0. The van der Waals surface area contributed by atoms with Crippen LogP contribution in [0.5, 0.6) is 0 Å². The number of rotatable bonds is 4. The van der Waals surface area contributed by atoms with Gasteiger partial charge in [0.15, 0.2) is 0 Å². The molecule has 5 heterocycles. The zero-order valence-electron chi connectivity index (χ0n) is 20.1. The summed E-state index contributed by atoms with van der Waals surface area (Å²) >= 11 is 1.38. The molecule has 8 nitrogen and oxygen atoms in total. The van der Waals surface area contributed by atoms with Crippen LogP contribution in [0.3, 0.4) is 0 Å². The molecule has 0 aromatic carbocycles. The molecule has 1 N–H and O–H groups in total. The van der Waals surface area contributed by atoms with Crippen LogP contribution >= 0.6 is 11.8 Å². The molecule has 1 saturated heterocycles. The molecule has 180 valence electrons. The van der Waals surface area contributed by atoms with Crippen molar-refractivity contribution in [3.63, 3.8) is 0 Å². The molecule has 1 spiro atoms. The van der Waals surface area contributed by atoms with Gasteiger partial charge in [0.2, 0.25) is 0 Å². The molecular formula is C27H26N8S. The molecule has 0 bridgehead atoms. The fourth-order valence-corrected chi connectivity index (χ4v) is 6.85. The van der Waals surface area contributed by atoms with E-state index < -0.39 is 0 Å². The lowest BCUT2D eigenvalue weighted by Crippen LogP contribution is -2.43. The molecule has 0 radical (unpaired) electrons. The highest BCUT2D eigenvalue weighted by Gasteiger charge is 2.38. The third-order valence-corrected chi connectivity index (χ3v) is 8.79. The van der Waals surface area contributed by atoms with Crippen molar-refractivity contribution in [2.24, 2.45) is 0 Å². The van der Waals surface area contributed by atoms with E-state index in [0.717, 1.165) is 41.1 Å². The monoisotopic (exact) mass is 494 g/mol. The molecule has 1 aliphatic heterocycles. The second-order valence-electron chi connectivity index (χ2n) is 9.76. The summed E-state index contributed by atoms with van der Waals surface area (Å²) in [4.78, 5) is 5.24. The highest BCUT2D eigenvalue weighted by atomic mass is 32.2. The van der Waals surface area contributed by atoms with Crippen LogP contribution in [0.4, 0.5) is 0 Å². The molecule has 1 aliphatic carbocycles. The lowest BCUT2D eigenvalue weighted by atomic mass is 9.78. The van der Waals surface area contributed by atoms with Gasteiger partial charge in [-0.05, 0) is 70.2 Å². The Hall–Kier alpha value is -3.66. The van der Waals surface area contributed by atoms with Gasteiger partial charge in [0, 0.05) is 39.6 Å². The number of hydrogen-bond acceptors (Lipinski definition) is 7. The van der Waals surface area contributed by atoms with Crippen LogP contribution in [-0.4, -0.2) is 36.5 Å². The lowest BCUT2D eigenvalue weighted by Gasteiger charge is -2.38. The van der Waals surface area contributed by atoms with Crippen LogP contribution in [-0.2, 0) is 0 Å². The predicted octanol–water partition coefficient (Wildman–Crippen LogP) is 5.03. The molecule has 0 amide bonds. The molecule has 0 unspecified atom stereocenters. The van der Waals surface area contributed by atoms with Gasteiger partial charge in [0.05, 0.1) is 35.1 Å². The van der Waals surface area contributed by atoms with Crippen LogP contribution < -0.4 is 5.32 Å². The molecular weight excluding hydrogens is 468 g/mol. The van der Waals surface area contributed by atoms with Gasteiger partial charge >= 0.3 is 0 Å². The highest BCUT2D eigenvalue weighted by Crippen LogP contribution is 2.41. The zero-order valence-corrected chi connectivity index (χ0v) is 20.9. The van der Waals surface area contributed by atoms with Crippen LogP contribution in [0.15, 0.2) is 52.9 Å². The van der Waals surface area contributed by atoms with E-state index in [-0.39, 0.29) is 0 Å². The second-order valence-corrected chi connectivity index (χ2v) is 10.8. The molecule has 0 atom stereocenters. The molecule has 4 aromatic rings. The van der Waals surface area contributed by atoms with Crippen molar-refractivity contribution >= 4 is 17.3 Å². The number of fused-ring (bicyclic) bond motifs is 1. The molecule has 9 heteroatoms. The average Bonchev–Trinajstić information content (AvgIpc) is 3.64. The van der Waals surface area contributed by atoms with E-state index in [2.05, 4.69) is 45.2 Å². The van der Waals surface area contributed by atoms with E-state index in [9.17, 15) is 10.5 Å². The van der Waals surface area contributed by atoms with Crippen molar-refractivity contribution in [2.75, 3.05) is 6.54 Å². The first-order chi connectivity index (χ1) is 17.6. The van der Waals surface area contributed by atoms with Crippen LogP contribution in [0, 0.1) is 29.6 Å². The predicted molar refractivity (Wildman–Crippen MR) is 136 cm³/mol. The maximum Gasteiger partial charge on any atom is 0.119 e. The first-order valence-corrected chi connectivity index (χ1v) is 13.2.